The summed E-state index contributed by atoms with van der Waals surface area (Å²) in [4.78, 5) is 30.0. The lowest BCUT2D eigenvalue weighted by molar-refractivity contribution is 0.319. The zero-order valence-corrected chi connectivity index (χ0v) is 13.6. The highest BCUT2D eigenvalue weighted by Gasteiger charge is 2.44. The van der Waals surface area contributed by atoms with Gasteiger partial charge in [-0.2, -0.15) is 0 Å². The van der Waals surface area contributed by atoms with Crippen LogP contribution in [0.5, 0.6) is 5.88 Å². The molecule has 2 aromatic rings. The average Bonchev–Trinajstić information content (AvgIpc) is 2.94. The van der Waals surface area contributed by atoms with Crippen LogP contribution in [0.1, 0.15) is 30.5 Å². The van der Waals surface area contributed by atoms with Crippen LogP contribution in [-0.2, 0) is 11.8 Å². The minimum atomic E-state index is -0.0904. The number of nitrogens with two attached hydrogens (primary N) is 1. The van der Waals surface area contributed by atoms with Crippen molar-refractivity contribution in [1.29, 1.82) is 0 Å². The zero-order chi connectivity index (χ0) is 16.7. The van der Waals surface area contributed by atoms with Gasteiger partial charge in [-0.05, 0) is 25.7 Å². The van der Waals surface area contributed by atoms with E-state index in [0.29, 0.717) is 5.88 Å². The number of aromatic amines is 1. The van der Waals surface area contributed by atoms with Gasteiger partial charge in [-0.15, -0.1) is 0 Å². The number of rotatable bonds is 2. The molecule has 2 aromatic heterocycles. The first-order valence-electron chi connectivity index (χ1n) is 8.12. The minimum Gasteiger partial charge on any atom is -0.478 e. The Hall–Kier alpha value is -2.64. The maximum absolute atomic E-state index is 12.1. The van der Waals surface area contributed by atoms with Crippen LogP contribution in [0.2, 0.25) is 0 Å². The molecule has 1 aliphatic carbocycles. The topological polar surface area (TPSA) is 110 Å². The van der Waals surface area contributed by atoms with E-state index in [4.69, 9.17) is 10.5 Å². The van der Waals surface area contributed by atoms with Crippen LogP contribution in [0.3, 0.4) is 0 Å². The highest BCUT2D eigenvalue weighted by molar-refractivity contribution is 5.49. The molecule has 0 unspecified atom stereocenters. The third-order valence-corrected chi connectivity index (χ3v) is 5.25. The molecule has 0 atom stereocenters. The predicted octanol–water partition coefficient (Wildman–Crippen LogP) is 0.635. The second-order valence-electron chi connectivity index (χ2n) is 6.43. The van der Waals surface area contributed by atoms with E-state index in [9.17, 15) is 4.79 Å². The Labute approximate surface area is 139 Å². The number of nitrogens with one attached hydrogen (secondary N) is 1. The van der Waals surface area contributed by atoms with E-state index in [2.05, 4.69) is 24.8 Å². The van der Waals surface area contributed by atoms with E-state index in [1.807, 2.05) is 0 Å². The van der Waals surface area contributed by atoms with Crippen LogP contribution in [0.15, 0.2) is 17.2 Å². The summed E-state index contributed by atoms with van der Waals surface area (Å²) in [6, 6.07) is 0. The number of hydrogen-bond donors (Lipinski definition) is 2. The molecule has 1 aliphatic heterocycles. The van der Waals surface area contributed by atoms with Crippen LogP contribution in [0.4, 0.5) is 11.8 Å². The lowest BCUT2D eigenvalue weighted by Gasteiger charge is -2.39. The Morgan fingerprint density at radius 3 is 2.75 bits per heavy atom. The lowest BCUT2D eigenvalue weighted by Crippen LogP contribution is -2.42. The Kier molecular flexibility index (Phi) is 3.40. The monoisotopic (exact) mass is 328 g/mol. The smallest absolute Gasteiger partial charge is 0.257 e. The summed E-state index contributed by atoms with van der Waals surface area (Å²) in [5.74, 6) is 1.52. The number of methoxy groups -OCH3 is 1. The van der Waals surface area contributed by atoms with Crippen molar-refractivity contribution < 1.29 is 4.74 Å². The van der Waals surface area contributed by atoms with Crippen LogP contribution >= 0.6 is 0 Å². The largest absolute Gasteiger partial charge is 0.478 e. The summed E-state index contributed by atoms with van der Waals surface area (Å²) in [5.41, 5.74) is 7.32. The van der Waals surface area contributed by atoms with Crippen molar-refractivity contribution in [2.75, 3.05) is 30.8 Å². The maximum Gasteiger partial charge on any atom is 0.257 e. The van der Waals surface area contributed by atoms with Crippen molar-refractivity contribution in [2.45, 2.75) is 31.1 Å². The summed E-state index contributed by atoms with van der Waals surface area (Å²) in [6.45, 7) is 1.64. The van der Waals surface area contributed by atoms with Gasteiger partial charge in [0.2, 0.25) is 5.95 Å². The number of piperidine rings is 1. The van der Waals surface area contributed by atoms with Crippen molar-refractivity contribution in [1.82, 2.24) is 19.9 Å². The normalized spacial score (nSPS) is 18.6. The van der Waals surface area contributed by atoms with Crippen molar-refractivity contribution in [3.8, 4) is 5.88 Å². The molecule has 126 valence electrons. The molecule has 0 radical (unpaired) electrons. The van der Waals surface area contributed by atoms with Gasteiger partial charge in [0, 0.05) is 36.5 Å². The highest BCUT2D eigenvalue weighted by Crippen LogP contribution is 2.45. The third-order valence-electron chi connectivity index (χ3n) is 5.25. The molecule has 24 heavy (non-hydrogen) atoms. The quantitative estimate of drug-likeness (QED) is 0.832. The SMILES string of the molecule is COc1nccnc1N1CCC2(CCc3c2nc(N)[nH]c3=O)CC1. The summed E-state index contributed by atoms with van der Waals surface area (Å²) in [7, 11) is 1.60. The van der Waals surface area contributed by atoms with Gasteiger partial charge in [0.05, 0.1) is 12.8 Å². The molecular weight excluding hydrogens is 308 g/mol. The fourth-order valence-corrected chi connectivity index (χ4v) is 3.98. The van der Waals surface area contributed by atoms with E-state index in [-0.39, 0.29) is 16.9 Å². The summed E-state index contributed by atoms with van der Waals surface area (Å²) < 4.78 is 5.31. The number of hydrogen-bond acceptors (Lipinski definition) is 7. The van der Waals surface area contributed by atoms with Gasteiger partial charge < -0.3 is 15.4 Å². The molecule has 0 aromatic carbocycles. The maximum atomic E-state index is 12.1. The van der Waals surface area contributed by atoms with Crippen LogP contribution in [-0.4, -0.2) is 40.1 Å². The van der Waals surface area contributed by atoms with Gasteiger partial charge in [0.25, 0.3) is 11.4 Å². The van der Waals surface area contributed by atoms with Crippen molar-refractivity contribution in [2.24, 2.45) is 0 Å². The van der Waals surface area contributed by atoms with Crippen LogP contribution in [0, 0.1) is 0 Å². The fraction of sp³-hybridized carbons (Fsp3) is 0.500. The van der Waals surface area contributed by atoms with Gasteiger partial charge in [-0.1, -0.05) is 0 Å². The molecule has 0 saturated carbocycles. The fourth-order valence-electron chi connectivity index (χ4n) is 3.98. The van der Waals surface area contributed by atoms with E-state index in [1.165, 1.54) is 0 Å². The molecule has 1 saturated heterocycles. The molecular formula is C16H20N6O2. The summed E-state index contributed by atoms with van der Waals surface area (Å²) >= 11 is 0. The molecule has 3 heterocycles. The Morgan fingerprint density at radius 2 is 2.00 bits per heavy atom. The Balaban J connectivity index is 1.61. The molecule has 3 N–H and O–H groups in total. The second kappa shape index (κ2) is 5.47. The van der Waals surface area contributed by atoms with Crippen molar-refractivity contribution in [3.63, 3.8) is 0 Å². The molecule has 8 nitrogen and oxygen atoms in total. The lowest BCUT2D eigenvalue weighted by atomic mass is 9.76. The number of fused-ring (bicyclic) bond motifs is 2. The number of nitrogens with zero attached hydrogens (tertiary/aromatic N) is 4. The van der Waals surface area contributed by atoms with E-state index in [1.54, 1.807) is 19.5 Å². The molecule has 0 bridgehead atoms. The Bertz CT molecular complexity index is 826. The first-order chi connectivity index (χ1) is 11.6. The number of aromatic nitrogens is 4. The Morgan fingerprint density at radius 1 is 1.25 bits per heavy atom. The third kappa shape index (κ3) is 2.21. The first kappa shape index (κ1) is 14.9. The van der Waals surface area contributed by atoms with E-state index >= 15 is 0 Å². The molecule has 1 fully saturated rings. The van der Waals surface area contributed by atoms with Gasteiger partial charge >= 0.3 is 0 Å². The first-order valence-corrected chi connectivity index (χ1v) is 8.12. The van der Waals surface area contributed by atoms with Gasteiger partial charge in [-0.25, -0.2) is 15.0 Å². The number of anilines is 2. The van der Waals surface area contributed by atoms with Gasteiger partial charge in [0.1, 0.15) is 0 Å². The highest BCUT2D eigenvalue weighted by atomic mass is 16.5. The van der Waals surface area contributed by atoms with Gasteiger partial charge in [0.15, 0.2) is 5.82 Å². The predicted molar refractivity (Wildman–Crippen MR) is 89.3 cm³/mol. The summed E-state index contributed by atoms with van der Waals surface area (Å²) in [6.07, 6.45) is 6.85. The molecule has 2 aliphatic rings. The van der Waals surface area contributed by atoms with Crippen LogP contribution < -0.4 is 20.9 Å². The minimum absolute atomic E-state index is 0.0519. The van der Waals surface area contributed by atoms with E-state index < -0.39 is 0 Å². The van der Waals surface area contributed by atoms with E-state index in [0.717, 1.165) is 55.8 Å². The van der Waals surface area contributed by atoms with Gasteiger partial charge in [-0.3, -0.25) is 9.78 Å². The van der Waals surface area contributed by atoms with Crippen molar-refractivity contribution >= 4 is 11.8 Å². The number of nitrogen functional groups attached to an aromatic ring is 1. The molecule has 1 spiro atoms. The molecule has 4 rings (SSSR count). The average molecular weight is 328 g/mol. The number of H-pyrrole nitrogens is 1. The molecule has 0 amide bonds. The number of ether oxygens (including phenoxy) is 1. The second-order valence-corrected chi connectivity index (χ2v) is 6.43. The van der Waals surface area contributed by atoms with Crippen molar-refractivity contribution in [3.05, 3.63) is 34.0 Å². The summed E-state index contributed by atoms with van der Waals surface area (Å²) in [5, 5.41) is 0. The zero-order valence-electron chi connectivity index (χ0n) is 13.6. The standard InChI is InChI=1S/C16H20N6O2/c1-24-14-12(18-6-7-19-14)22-8-4-16(5-9-22)3-2-10-11(16)20-15(17)21-13(10)23/h6-7H,2-5,8-9H2,1H3,(H3,17,20,21,23). The van der Waals surface area contributed by atoms with Crippen LogP contribution in [0.25, 0.3) is 0 Å². The molecule has 8 heteroatoms.